The molecule has 4 aliphatic rings. The summed E-state index contributed by atoms with van der Waals surface area (Å²) in [6.45, 7) is 0.609. The minimum absolute atomic E-state index is 0.0456. The van der Waals surface area contributed by atoms with E-state index in [1.165, 1.54) is 4.31 Å². The van der Waals surface area contributed by atoms with E-state index in [1.54, 1.807) is 16.4 Å². The average molecular weight is 546 g/mol. The predicted molar refractivity (Wildman–Crippen MR) is 129 cm³/mol. The fraction of sp³-hybridized carbons (Fsp3) is 0.750. The molecule has 4 atom stereocenters. The highest BCUT2D eigenvalue weighted by Crippen LogP contribution is 2.41. The number of aromatic nitrogens is 1. The summed E-state index contributed by atoms with van der Waals surface area (Å²) in [6.07, 6.45) is 3.75. The van der Waals surface area contributed by atoms with Gasteiger partial charge in [-0.3, -0.25) is 4.79 Å². The topological polar surface area (TPSA) is 108 Å². The van der Waals surface area contributed by atoms with Crippen LogP contribution in [0, 0.1) is 0 Å². The first-order valence-electron chi connectivity index (χ1n) is 13.1. The highest BCUT2D eigenvalue weighted by molar-refractivity contribution is 7.86. The largest absolute Gasteiger partial charge is 0.389 e. The summed E-state index contributed by atoms with van der Waals surface area (Å²) in [5.41, 5.74) is 0.259. The second kappa shape index (κ2) is 10.7. The van der Waals surface area contributed by atoms with Gasteiger partial charge in [0.1, 0.15) is 5.76 Å². The molecule has 1 saturated carbocycles. The van der Waals surface area contributed by atoms with E-state index in [0.29, 0.717) is 25.2 Å². The quantitative estimate of drug-likeness (QED) is 0.365. The van der Waals surface area contributed by atoms with Gasteiger partial charge in [0.15, 0.2) is 5.69 Å². The number of piperidine rings is 1. The zero-order valence-corrected chi connectivity index (χ0v) is 21.4. The lowest BCUT2D eigenvalue weighted by molar-refractivity contribution is -0.135. The number of amides is 1. The van der Waals surface area contributed by atoms with Crippen LogP contribution in [0.25, 0.3) is 0 Å². The molecule has 2 saturated heterocycles. The zero-order chi connectivity index (χ0) is 26.2. The Morgan fingerprint density at radius 2 is 1.84 bits per heavy atom. The normalized spacial score (nSPS) is 29.4. The number of alkyl halides is 3. The first-order valence-corrected chi connectivity index (χ1v) is 14.5. The van der Waals surface area contributed by atoms with Crippen molar-refractivity contribution in [2.45, 2.75) is 94.0 Å². The zero-order valence-electron chi connectivity index (χ0n) is 20.6. The molecule has 4 heterocycles. The standard InChI is InChI=1S/C24H34F3N5O4S/c25-24(26,27)9-3-10-28-17-4-1-2-11-31(15-17)37(34,35)32-19-7-8-20(32)13-18(12-19)29-23(33)21-14-22(36-30-21)16-5-6-16/h1-2,14,16-20,28H,3-13,15H2,(H,29,33)/t17?,18-,19+,20-. The van der Waals surface area contributed by atoms with Gasteiger partial charge in [0, 0.05) is 55.7 Å². The van der Waals surface area contributed by atoms with Crippen LogP contribution in [-0.2, 0) is 10.2 Å². The highest BCUT2D eigenvalue weighted by Gasteiger charge is 2.49. The Bertz CT molecular complexity index is 1090. The Morgan fingerprint density at radius 3 is 2.51 bits per heavy atom. The van der Waals surface area contributed by atoms with Gasteiger partial charge in [0.05, 0.1) is 0 Å². The van der Waals surface area contributed by atoms with Crippen LogP contribution >= 0.6 is 0 Å². The van der Waals surface area contributed by atoms with Crippen molar-refractivity contribution in [2.75, 3.05) is 19.6 Å². The maximum atomic E-state index is 13.7. The van der Waals surface area contributed by atoms with Crippen LogP contribution in [0.1, 0.15) is 80.0 Å². The summed E-state index contributed by atoms with van der Waals surface area (Å²) in [5.74, 6) is 0.807. The number of rotatable bonds is 9. The minimum Gasteiger partial charge on any atom is -0.360 e. The van der Waals surface area contributed by atoms with Crippen molar-refractivity contribution in [3.8, 4) is 0 Å². The third kappa shape index (κ3) is 6.37. The van der Waals surface area contributed by atoms with Gasteiger partial charge in [0.25, 0.3) is 16.1 Å². The van der Waals surface area contributed by atoms with Crippen LogP contribution in [0.15, 0.2) is 22.7 Å². The maximum absolute atomic E-state index is 13.7. The van der Waals surface area contributed by atoms with Crippen molar-refractivity contribution in [3.63, 3.8) is 0 Å². The van der Waals surface area contributed by atoms with Crippen molar-refractivity contribution in [2.24, 2.45) is 0 Å². The lowest BCUT2D eigenvalue weighted by atomic mass is 9.99. The lowest BCUT2D eigenvalue weighted by Crippen LogP contribution is -2.57. The summed E-state index contributed by atoms with van der Waals surface area (Å²) < 4.78 is 73.1. The van der Waals surface area contributed by atoms with E-state index in [-0.39, 0.29) is 61.8 Å². The van der Waals surface area contributed by atoms with E-state index >= 15 is 0 Å². The Labute approximate surface area is 215 Å². The molecule has 0 aromatic carbocycles. The molecule has 2 bridgehead atoms. The molecular formula is C24H34F3N5O4S. The molecule has 13 heteroatoms. The monoisotopic (exact) mass is 545 g/mol. The lowest BCUT2D eigenvalue weighted by Gasteiger charge is -2.40. The maximum Gasteiger partial charge on any atom is 0.389 e. The SMILES string of the molecule is O=C(N[C@H]1C[C@H]2CC[C@@H](C1)N2S(=O)(=O)N1CC=CCC(NCCCC(F)(F)F)C1)c1cc(C2CC2)on1. The van der Waals surface area contributed by atoms with Crippen LogP contribution in [-0.4, -0.2) is 78.1 Å². The number of nitrogens with one attached hydrogen (secondary N) is 2. The second-order valence-corrected chi connectivity index (χ2v) is 12.5. The molecule has 206 valence electrons. The van der Waals surface area contributed by atoms with Crippen molar-refractivity contribution < 1.29 is 30.9 Å². The summed E-state index contributed by atoms with van der Waals surface area (Å²) >= 11 is 0. The number of hydrogen-bond donors (Lipinski definition) is 2. The van der Waals surface area contributed by atoms with Crippen molar-refractivity contribution in [3.05, 3.63) is 29.7 Å². The van der Waals surface area contributed by atoms with Crippen molar-refractivity contribution in [1.29, 1.82) is 0 Å². The molecule has 5 rings (SSSR count). The van der Waals surface area contributed by atoms with E-state index in [1.807, 2.05) is 6.08 Å². The Hall–Kier alpha value is -1.96. The molecule has 3 fully saturated rings. The van der Waals surface area contributed by atoms with E-state index < -0.39 is 22.8 Å². The van der Waals surface area contributed by atoms with Crippen LogP contribution < -0.4 is 10.6 Å². The van der Waals surface area contributed by atoms with Crippen LogP contribution in [0.4, 0.5) is 13.2 Å². The van der Waals surface area contributed by atoms with Crippen LogP contribution in [0.3, 0.4) is 0 Å². The predicted octanol–water partition coefficient (Wildman–Crippen LogP) is 3.08. The third-order valence-electron chi connectivity index (χ3n) is 7.73. The van der Waals surface area contributed by atoms with Gasteiger partial charge in [-0.1, -0.05) is 17.3 Å². The molecule has 1 unspecified atom stereocenters. The highest BCUT2D eigenvalue weighted by atomic mass is 32.2. The Balaban J connectivity index is 1.17. The number of halogens is 3. The molecule has 1 aliphatic carbocycles. The van der Waals surface area contributed by atoms with E-state index in [0.717, 1.165) is 31.4 Å². The first-order chi connectivity index (χ1) is 17.6. The summed E-state index contributed by atoms with van der Waals surface area (Å²) in [5, 5.41) is 10.0. The average Bonchev–Trinajstić information content (AvgIpc) is 3.55. The fourth-order valence-electron chi connectivity index (χ4n) is 5.76. The van der Waals surface area contributed by atoms with E-state index in [2.05, 4.69) is 15.8 Å². The smallest absolute Gasteiger partial charge is 0.360 e. The first kappa shape index (κ1) is 26.6. The Morgan fingerprint density at radius 1 is 1.11 bits per heavy atom. The second-order valence-electron chi connectivity index (χ2n) is 10.6. The third-order valence-corrected chi connectivity index (χ3v) is 9.80. The minimum atomic E-state index is -4.19. The van der Waals surface area contributed by atoms with E-state index in [9.17, 15) is 26.4 Å². The van der Waals surface area contributed by atoms with E-state index in [4.69, 9.17) is 4.52 Å². The summed E-state index contributed by atoms with van der Waals surface area (Å²) in [4.78, 5) is 12.7. The molecule has 3 aliphatic heterocycles. The number of hydrogen-bond acceptors (Lipinski definition) is 6. The van der Waals surface area contributed by atoms with Crippen molar-refractivity contribution >= 4 is 16.1 Å². The molecule has 1 aromatic heterocycles. The molecule has 9 nitrogen and oxygen atoms in total. The molecular weight excluding hydrogens is 511 g/mol. The van der Waals surface area contributed by atoms with Gasteiger partial charge in [-0.2, -0.15) is 30.2 Å². The number of nitrogens with zero attached hydrogens (tertiary/aromatic N) is 3. The van der Waals surface area contributed by atoms with Crippen LogP contribution in [0.5, 0.6) is 0 Å². The Kier molecular flexibility index (Phi) is 7.68. The fourth-order valence-corrected chi connectivity index (χ4v) is 7.80. The molecule has 37 heavy (non-hydrogen) atoms. The van der Waals surface area contributed by atoms with Gasteiger partial charge < -0.3 is 15.2 Å². The molecule has 0 radical (unpaired) electrons. The summed E-state index contributed by atoms with van der Waals surface area (Å²) in [7, 11) is -3.78. The van der Waals surface area contributed by atoms with Crippen molar-refractivity contribution in [1.82, 2.24) is 24.4 Å². The van der Waals surface area contributed by atoms with Gasteiger partial charge >= 0.3 is 6.18 Å². The number of carbonyl (C=O) groups is 1. The number of fused-ring (bicyclic) bond motifs is 2. The van der Waals surface area contributed by atoms with Gasteiger partial charge in [-0.05, 0) is 57.9 Å². The number of carbonyl (C=O) groups excluding carboxylic acids is 1. The molecule has 1 aromatic rings. The summed E-state index contributed by atoms with van der Waals surface area (Å²) in [6, 6.07) is 0.878. The van der Waals surface area contributed by atoms with Gasteiger partial charge in [0.2, 0.25) is 0 Å². The van der Waals surface area contributed by atoms with Gasteiger partial charge in [-0.15, -0.1) is 0 Å². The molecule has 1 amide bonds. The molecule has 0 spiro atoms. The van der Waals surface area contributed by atoms with Crippen LogP contribution in [0.2, 0.25) is 0 Å². The van der Waals surface area contributed by atoms with Gasteiger partial charge in [-0.25, -0.2) is 0 Å². The molecule has 2 N–H and O–H groups in total.